The summed E-state index contributed by atoms with van der Waals surface area (Å²) in [7, 11) is 1.86. The minimum Gasteiger partial charge on any atom is -0.341 e. The van der Waals surface area contributed by atoms with Crippen molar-refractivity contribution >= 4 is 23.2 Å². The van der Waals surface area contributed by atoms with E-state index in [0.29, 0.717) is 13.1 Å². The second-order valence-corrected chi connectivity index (χ2v) is 7.64. The zero-order valence-corrected chi connectivity index (χ0v) is 15.6. The molecule has 1 aliphatic rings. The van der Waals surface area contributed by atoms with Crippen molar-refractivity contribution in [3.8, 4) is 0 Å². The first-order valence-electron chi connectivity index (χ1n) is 8.68. The minimum atomic E-state index is -0.105. The van der Waals surface area contributed by atoms with E-state index in [2.05, 4.69) is 19.1 Å². The predicted octanol–water partition coefficient (Wildman–Crippen LogP) is 3.57. The second kappa shape index (κ2) is 7.83. The molecule has 1 unspecified atom stereocenters. The van der Waals surface area contributed by atoms with E-state index in [9.17, 15) is 9.59 Å². The summed E-state index contributed by atoms with van der Waals surface area (Å²) in [5.74, 6) is 0.0765. The van der Waals surface area contributed by atoms with Gasteiger partial charge in [-0.3, -0.25) is 9.59 Å². The van der Waals surface area contributed by atoms with Crippen LogP contribution in [-0.4, -0.2) is 41.8 Å². The van der Waals surface area contributed by atoms with Crippen molar-refractivity contribution in [2.24, 2.45) is 5.92 Å². The number of piperidine rings is 1. The van der Waals surface area contributed by atoms with Gasteiger partial charge in [0.05, 0.1) is 10.8 Å². The Hall–Kier alpha value is -2.14. The molecule has 1 aromatic heterocycles. The van der Waals surface area contributed by atoms with E-state index < -0.39 is 0 Å². The van der Waals surface area contributed by atoms with Gasteiger partial charge in [0.2, 0.25) is 5.91 Å². The number of amides is 2. The topological polar surface area (TPSA) is 40.6 Å². The summed E-state index contributed by atoms with van der Waals surface area (Å²) >= 11 is 1.46. The van der Waals surface area contributed by atoms with Gasteiger partial charge >= 0.3 is 0 Å². The molecule has 0 radical (unpaired) electrons. The first-order chi connectivity index (χ1) is 12.1. The highest BCUT2D eigenvalue weighted by Gasteiger charge is 2.30. The molecule has 0 bridgehead atoms. The lowest BCUT2D eigenvalue weighted by Gasteiger charge is -2.34. The Labute approximate surface area is 153 Å². The van der Waals surface area contributed by atoms with E-state index in [1.807, 2.05) is 41.6 Å². The van der Waals surface area contributed by atoms with E-state index in [0.717, 1.165) is 24.3 Å². The van der Waals surface area contributed by atoms with Crippen LogP contribution in [0.1, 0.15) is 33.6 Å². The number of rotatable bonds is 4. The normalized spacial score (nSPS) is 17.4. The summed E-state index contributed by atoms with van der Waals surface area (Å²) in [4.78, 5) is 29.8. The number of likely N-dealkylation sites (tertiary alicyclic amines) is 1. The van der Waals surface area contributed by atoms with Crippen LogP contribution in [0, 0.1) is 12.8 Å². The van der Waals surface area contributed by atoms with E-state index in [1.165, 1.54) is 22.5 Å². The number of hydrogen-bond donors (Lipinski definition) is 0. The van der Waals surface area contributed by atoms with Crippen LogP contribution in [0.3, 0.4) is 0 Å². The number of nitrogens with zero attached hydrogens (tertiary/aromatic N) is 2. The smallest absolute Gasteiger partial charge is 0.263 e. The van der Waals surface area contributed by atoms with Crippen LogP contribution >= 0.6 is 11.3 Å². The Morgan fingerprint density at radius 2 is 2.04 bits per heavy atom. The first-order valence-corrected chi connectivity index (χ1v) is 9.56. The van der Waals surface area contributed by atoms with Gasteiger partial charge in [-0.25, -0.2) is 0 Å². The van der Waals surface area contributed by atoms with Gasteiger partial charge in [-0.15, -0.1) is 11.3 Å². The van der Waals surface area contributed by atoms with E-state index in [-0.39, 0.29) is 17.7 Å². The minimum absolute atomic E-state index is 0.0501. The third kappa shape index (κ3) is 4.10. The highest BCUT2D eigenvalue weighted by molar-refractivity contribution is 7.12. The van der Waals surface area contributed by atoms with E-state index in [4.69, 9.17) is 0 Å². The predicted molar refractivity (Wildman–Crippen MR) is 101 cm³/mol. The maximum Gasteiger partial charge on any atom is 0.263 e. The summed E-state index contributed by atoms with van der Waals surface area (Å²) < 4.78 is 0. The Balaban J connectivity index is 1.63. The maximum atomic E-state index is 12.9. The van der Waals surface area contributed by atoms with Gasteiger partial charge in [0.25, 0.3) is 5.91 Å². The maximum absolute atomic E-state index is 12.9. The van der Waals surface area contributed by atoms with Crippen LogP contribution in [0.4, 0.5) is 0 Å². The SMILES string of the molecule is Cc1ccccc1CN(C)C(=O)C1CCCN(C(=O)c2cccs2)C1. The van der Waals surface area contributed by atoms with Crippen LogP contribution in [0.2, 0.25) is 0 Å². The molecule has 1 aliphatic heterocycles. The molecule has 0 saturated carbocycles. The highest BCUT2D eigenvalue weighted by Crippen LogP contribution is 2.22. The molecule has 132 valence electrons. The monoisotopic (exact) mass is 356 g/mol. The number of carbonyl (C=O) groups is 2. The standard InChI is InChI=1S/C20H24N2O2S/c1-15-7-3-4-8-16(15)13-21(2)19(23)17-9-5-11-22(14-17)20(24)18-10-6-12-25-18/h3-4,6-8,10,12,17H,5,9,11,13-14H2,1-2H3. The lowest BCUT2D eigenvalue weighted by atomic mass is 9.96. The molecule has 2 amide bonds. The molecule has 4 nitrogen and oxygen atoms in total. The van der Waals surface area contributed by atoms with Crippen LogP contribution < -0.4 is 0 Å². The second-order valence-electron chi connectivity index (χ2n) is 6.69. The Kier molecular flexibility index (Phi) is 5.53. The Morgan fingerprint density at radius 1 is 1.24 bits per heavy atom. The van der Waals surface area contributed by atoms with Crippen molar-refractivity contribution < 1.29 is 9.59 Å². The van der Waals surface area contributed by atoms with E-state index in [1.54, 1.807) is 4.90 Å². The molecular formula is C20H24N2O2S. The van der Waals surface area contributed by atoms with Crippen molar-refractivity contribution in [2.75, 3.05) is 20.1 Å². The number of aryl methyl sites for hydroxylation is 1. The number of thiophene rings is 1. The van der Waals surface area contributed by atoms with Crippen molar-refractivity contribution in [1.29, 1.82) is 0 Å². The molecule has 5 heteroatoms. The number of carbonyl (C=O) groups excluding carboxylic acids is 2. The van der Waals surface area contributed by atoms with Crippen LogP contribution in [0.5, 0.6) is 0 Å². The quantitative estimate of drug-likeness (QED) is 0.840. The van der Waals surface area contributed by atoms with Gasteiger partial charge in [0.1, 0.15) is 0 Å². The molecule has 2 heterocycles. The Bertz CT molecular complexity index is 742. The number of hydrogen-bond acceptors (Lipinski definition) is 3. The molecule has 2 aromatic rings. The van der Waals surface area contributed by atoms with Gasteiger partial charge in [0, 0.05) is 26.7 Å². The molecule has 1 atom stereocenters. The molecule has 1 saturated heterocycles. The third-order valence-corrected chi connectivity index (χ3v) is 5.69. The molecule has 1 aromatic carbocycles. The van der Waals surface area contributed by atoms with Gasteiger partial charge in [-0.2, -0.15) is 0 Å². The largest absolute Gasteiger partial charge is 0.341 e. The summed E-state index contributed by atoms with van der Waals surface area (Å²) in [6.07, 6.45) is 1.73. The third-order valence-electron chi connectivity index (χ3n) is 4.83. The highest BCUT2D eigenvalue weighted by atomic mass is 32.1. The fourth-order valence-corrected chi connectivity index (χ4v) is 4.04. The molecule has 0 N–H and O–H groups in total. The van der Waals surface area contributed by atoms with Gasteiger partial charge in [0.15, 0.2) is 0 Å². The van der Waals surface area contributed by atoms with Crippen LogP contribution in [0.25, 0.3) is 0 Å². The molecule has 25 heavy (non-hydrogen) atoms. The molecule has 0 aliphatic carbocycles. The van der Waals surface area contributed by atoms with Crippen LogP contribution in [0.15, 0.2) is 41.8 Å². The van der Waals surface area contributed by atoms with Gasteiger partial charge in [-0.05, 0) is 42.3 Å². The van der Waals surface area contributed by atoms with Crippen molar-refractivity contribution in [1.82, 2.24) is 9.80 Å². The average Bonchev–Trinajstić information content (AvgIpc) is 3.17. The average molecular weight is 356 g/mol. The number of benzene rings is 1. The zero-order valence-electron chi connectivity index (χ0n) is 14.8. The summed E-state index contributed by atoms with van der Waals surface area (Å²) in [5.41, 5.74) is 2.36. The summed E-state index contributed by atoms with van der Waals surface area (Å²) in [5, 5.41) is 1.91. The Morgan fingerprint density at radius 3 is 2.76 bits per heavy atom. The van der Waals surface area contributed by atoms with E-state index >= 15 is 0 Å². The van der Waals surface area contributed by atoms with Crippen molar-refractivity contribution in [2.45, 2.75) is 26.3 Å². The van der Waals surface area contributed by atoms with Crippen molar-refractivity contribution in [3.63, 3.8) is 0 Å². The fourth-order valence-electron chi connectivity index (χ4n) is 3.35. The van der Waals surface area contributed by atoms with Gasteiger partial charge < -0.3 is 9.80 Å². The summed E-state index contributed by atoms with van der Waals surface area (Å²) in [6.45, 7) is 3.94. The molecule has 3 rings (SSSR count). The summed E-state index contributed by atoms with van der Waals surface area (Å²) in [6, 6.07) is 11.9. The fraction of sp³-hybridized carbons (Fsp3) is 0.400. The van der Waals surface area contributed by atoms with Crippen LogP contribution in [-0.2, 0) is 11.3 Å². The zero-order chi connectivity index (χ0) is 17.8. The lowest BCUT2D eigenvalue weighted by Crippen LogP contribution is -2.45. The molecule has 1 fully saturated rings. The molecule has 0 spiro atoms. The lowest BCUT2D eigenvalue weighted by molar-refractivity contribution is -0.136. The first kappa shape index (κ1) is 17.7. The molecular weight excluding hydrogens is 332 g/mol. The van der Waals surface area contributed by atoms with Gasteiger partial charge in [-0.1, -0.05) is 30.3 Å². The van der Waals surface area contributed by atoms with Crippen molar-refractivity contribution in [3.05, 3.63) is 57.8 Å².